The van der Waals surface area contributed by atoms with Gasteiger partial charge in [0, 0.05) is 11.9 Å². The van der Waals surface area contributed by atoms with Crippen molar-refractivity contribution in [3.05, 3.63) is 0 Å². The summed E-state index contributed by atoms with van der Waals surface area (Å²) in [5.41, 5.74) is 0. The molecule has 0 aromatic rings. The Labute approximate surface area is 75.6 Å². The molecular formula is C7H14BrNO2. The van der Waals surface area contributed by atoms with Gasteiger partial charge in [0.15, 0.2) is 0 Å². The molecule has 0 rings (SSSR count). The van der Waals surface area contributed by atoms with Gasteiger partial charge in [-0.1, -0.05) is 22.9 Å². The van der Waals surface area contributed by atoms with E-state index in [2.05, 4.69) is 21.2 Å². The maximum Gasteiger partial charge on any atom is 0.407 e. The number of carbonyl (C=O) groups is 1. The summed E-state index contributed by atoms with van der Waals surface area (Å²) >= 11 is 3.19. The summed E-state index contributed by atoms with van der Waals surface area (Å²) in [6, 6.07) is 0. The van der Waals surface area contributed by atoms with E-state index in [0.29, 0.717) is 6.54 Å². The number of rotatable bonds is 4. The van der Waals surface area contributed by atoms with E-state index >= 15 is 0 Å². The molecule has 66 valence electrons. The Morgan fingerprint density at radius 3 is 2.82 bits per heavy atom. The lowest BCUT2D eigenvalue weighted by Gasteiger charge is -2.10. The highest BCUT2D eigenvalue weighted by molar-refractivity contribution is 9.09. The lowest BCUT2D eigenvalue weighted by Crippen LogP contribution is -2.28. The van der Waals surface area contributed by atoms with Crippen LogP contribution in [-0.2, 0) is 4.74 Å². The van der Waals surface area contributed by atoms with Gasteiger partial charge >= 0.3 is 6.09 Å². The van der Waals surface area contributed by atoms with Gasteiger partial charge in [-0.3, -0.25) is 0 Å². The number of ether oxygens (including phenoxy) is 1. The first-order chi connectivity index (χ1) is 5.20. The molecule has 3 nitrogen and oxygen atoms in total. The Kier molecular flexibility index (Phi) is 6.31. The normalized spacial score (nSPS) is 12.3. The quantitative estimate of drug-likeness (QED) is 0.740. The minimum atomic E-state index is -0.334. The Bertz CT molecular complexity index is 119. The summed E-state index contributed by atoms with van der Waals surface area (Å²) in [5, 5.41) is 3.34. The van der Waals surface area contributed by atoms with E-state index in [1.165, 1.54) is 0 Å². The van der Waals surface area contributed by atoms with Gasteiger partial charge in [0.1, 0.15) is 6.10 Å². The third-order valence-corrected chi connectivity index (χ3v) is 1.64. The summed E-state index contributed by atoms with van der Waals surface area (Å²) in [6.45, 7) is 4.45. The first kappa shape index (κ1) is 10.8. The van der Waals surface area contributed by atoms with E-state index < -0.39 is 0 Å². The second-order valence-corrected chi connectivity index (χ2v) is 3.03. The Morgan fingerprint density at radius 2 is 2.36 bits per heavy atom. The molecule has 0 saturated carbocycles. The highest BCUT2D eigenvalue weighted by Crippen LogP contribution is 1.95. The monoisotopic (exact) mass is 223 g/mol. The first-order valence-corrected chi connectivity index (χ1v) is 4.83. The molecule has 0 spiro atoms. The van der Waals surface area contributed by atoms with Crippen LogP contribution >= 0.6 is 15.9 Å². The molecule has 0 saturated heterocycles. The van der Waals surface area contributed by atoms with Crippen LogP contribution in [0.2, 0.25) is 0 Å². The van der Waals surface area contributed by atoms with Gasteiger partial charge in [-0.25, -0.2) is 4.79 Å². The van der Waals surface area contributed by atoms with E-state index in [-0.39, 0.29) is 12.2 Å². The predicted octanol–water partition coefficient (Wildman–Crippen LogP) is 1.91. The van der Waals surface area contributed by atoms with E-state index in [9.17, 15) is 4.79 Å². The summed E-state index contributed by atoms with van der Waals surface area (Å²) in [4.78, 5) is 10.8. The lowest BCUT2D eigenvalue weighted by molar-refractivity contribution is 0.105. The molecule has 0 aliphatic rings. The van der Waals surface area contributed by atoms with Crippen molar-refractivity contribution < 1.29 is 9.53 Å². The molecule has 0 aromatic carbocycles. The molecule has 1 atom stereocenters. The molecule has 11 heavy (non-hydrogen) atoms. The van der Waals surface area contributed by atoms with Crippen molar-refractivity contribution in [3.8, 4) is 0 Å². The van der Waals surface area contributed by atoms with Gasteiger partial charge in [0.2, 0.25) is 0 Å². The van der Waals surface area contributed by atoms with Gasteiger partial charge in [0.25, 0.3) is 0 Å². The third-order valence-electron chi connectivity index (χ3n) is 1.25. The van der Waals surface area contributed by atoms with Crippen molar-refractivity contribution in [2.24, 2.45) is 0 Å². The highest BCUT2D eigenvalue weighted by atomic mass is 79.9. The Morgan fingerprint density at radius 1 is 1.73 bits per heavy atom. The zero-order valence-electron chi connectivity index (χ0n) is 6.89. The van der Waals surface area contributed by atoms with Gasteiger partial charge in [-0.05, 0) is 13.3 Å². The molecule has 0 radical (unpaired) electrons. The van der Waals surface area contributed by atoms with Crippen molar-refractivity contribution >= 4 is 22.0 Å². The second kappa shape index (κ2) is 6.46. The van der Waals surface area contributed by atoms with Crippen molar-refractivity contribution in [1.29, 1.82) is 0 Å². The minimum Gasteiger partial charge on any atom is -0.447 e. The molecule has 0 bridgehead atoms. The molecule has 1 N–H and O–H groups in total. The molecule has 0 heterocycles. The second-order valence-electron chi connectivity index (χ2n) is 2.24. The molecule has 1 unspecified atom stereocenters. The zero-order chi connectivity index (χ0) is 8.69. The SMILES string of the molecule is CCC(C)OC(=O)NCCBr. The van der Waals surface area contributed by atoms with Crippen LogP contribution in [0.4, 0.5) is 4.79 Å². The fourth-order valence-corrected chi connectivity index (χ4v) is 0.655. The molecule has 0 aliphatic heterocycles. The maximum absolute atomic E-state index is 10.8. The molecule has 0 aliphatic carbocycles. The number of nitrogens with one attached hydrogen (secondary N) is 1. The van der Waals surface area contributed by atoms with E-state index in [4.69, 9.17) is 4.74 Å². The van der Waals surface area contributed by atoms with E-state index in [0.717, 1.165) is 11.8 Å². The number of hydrogen-bond acceptors (Lipinski definition) is 2. The standard InChI is InChI=1S/C7H14BrNO2/c1-3-6(2)11-7(10)9-5-4-8/h6H,3-5H2,1-2H3,(H,9,10). The number of hydrogen-bond donors (Lipinski definition) is 1. The third kappa shape index (κ3) is 6.16. The zero-order valence-corrected chi connectivity index (χ0v) is 8.48. The van der Waals surface area contributed by atoms with E-state index in [1.807, 2.05) is 13.8 Å². The number of amides is 1. The Hall–Kier alpha value is -0.250. The first-order valence-electron chi connectivity index (χ1n) is 3.71. The van der Waals surface area contributed by atoms with Crippen LogP contribution in [0.3, 0.4) is 0 Å². The minimum absolute atomic E-state index is 0.00493. The predicted molar refractivity (Wildman–Crippen MR) is 48.0 cm³/mol. The van der Waals surface area contributed by atoms with Gasteiger partial charge in [-0.15, -0.1) is 0 Å². The van der Waals surface area contributed by atoms with Crippen LogP contribution < -0.4 is 5.32 Å². The highest BCUT2D eigenvalue weighted by Gasteiger charge is 2.04. The molecule has 0 fully saturated rings. The smallest absolute Gasteiger partial charge is 0.407 e. The number of alkyl halides is 1. The summed E-state index contributed by atoms with van der Waals surface area (Å²) in [6.07, 6.45) is 0.519. The van der Waals surface area contributed by atoms with Crippen LogP contribution in [0.25, 0.3) is 0 Å². The fraction of sp³-hybridized carbons (Fsp3) is 0.857. The van der Waals surface area contributed by atoms with Gasteiger partial charge in [0.05, 0.1) is 0 Å². The fourth-order valence-electron chi connectivity index (χ4n) is 0.457. The van der Waals surface area contributed by atoms with Crippen LogP contribution in [0.1, 0.15) is 20.3 Å². The van der Waals surface area contributed by atoms with Crippen LogP contribution in [0.5, 0.6) is 0 Å². The van der Waals surface area contributed by atoms with E-state index in [1.54, 1.807) is 0 Å². The average molecular weight is 224 g/mol. The van der Waals surface area contributed by atoms with Crippen LogP contribution in [0, 0.1) is 0 Å². The Balaban J connectivity index is 3.36. The summed E-state index contributed by atoms with van der Waals surface area (Å²) in [7, 11) is 0. The summed E-state index contributed by atoms with van der Waals surface area (Å²) < 4.78 is 4.93. The van der Waals surface area contributed by atoms with Crippen molar-refractivity contribution in [2.45, 2.75) is 26.4 Å². The molecule has 1 amide bonds. The topological polar surface area (TPSA) is 38.3 Å². The molecule has 4 heteroatoms. The average Bonchev–Trinajstić information content (AvgIpc) is 2.00. The largest absolute Gasteiger partial charge is 0.447 e. The number of halogens is 1. The van der Waals surface area contributed by atoms with Crippen molar-refractivity contribution in [3.63, 3.8) is 0 Å². The lowest BCUT2D eigenvalue weighted by atomic mass is 10.3. The van der Waals surface area contributed by atoms with Crippen molar-refractivity contribution in [2.75, 3.05) is 11.9 Å². The van der Waals surface area contributed by atoms with Gasteiger partial charge < -0.3 is 10.1 Å². The number of alkyl carbamates (subject to hydrolysis) is 1. The van der Waals surface area contributed by atoms with Crippen LogP contribution in [0.15, 0.2) is 0 Å². The van der Waals surface area contributed by atoms with Crippen molar-refractivity contribution in [1.82, 2.24) is 5.32 Å². The van der Waals surface area contributed by atoms with Gasteiger partial charge in [-0.2, -0.15) is 0 Å². The maximum atomic E-state index is 10.8. The molecule has 0 aromatic heterocycles. The summed E-state index contributed by atoms with van der Waals surface area (Å²) in [5.74, 6) is 0. The van der Waals surface area contributed by atoms with Crippen LogP contribution in [-0.4, -0.2) is 24.1 Å². The molecular weight excluding hydrogens is 210 g/mol. The number of carbonyl (C=O) groups excluding carboxylic acids is 1.